The number of nitrogens with zero attached hydrogens (tertiary/aromatic N) is 2. The van der Waals surface area contributed by atoms with E-state index < -0.39 is 18.0 Å². The molecule has 2 atom stereocenters. The molecule has 0 bridgehead atoms. The number of aryl methyl sites for hydroxylation is 1. The summed E-state index contributed by atoms with van der Waals surface area (Å²) in [6.45, 7) is 4.13. The topological polar surface area (TPSA) is 96.3 Å². The lowest BCUT2D eigenvalue weighted by Gasteiger charge is -2.20. The monoisotopic (exact) mass is 282 g/mol. The minimum Gasteiger partial charge on any atom is -0.480 e. The maximum absolute atomic E-state index is 11.7. The van der Waals surface area contributed by atoms with Crippen molar-refractivity contribution < 1.29 is 14.7 Å². The molecule has 7 nitrogen and oxygen atoms in total. The molecule has 2 amide bonds. The molecule has 0 aliphatic carbocycles. The molecule has 7 heteroatoms. The molecule has 3 N–H and O–H groups in total. The van der Waals surface area contributed by atoms with Gasteiger partial charge in [-0.2, -0.15) is 5.10 Å². The molecular formula is C13H22N4O3. The summed E-state index contributed by atoms with van der Waals surface area (Å²) in [6.07, 6.45) is 4.95. The third kappa shape index (κ3) is 4.91. The lowest BCUT2D eigenvalue weighted by molar-refractivity contribution is -0.140. The number of aromatic nitrogens is 2. The zero-order valence-corrected chi connectivity index (χ0v) is 12.1. The predicted octanol–water partition coefficient (Wildman–Crippen LogP) is 0.761. The van der Waals surface area contributed by atoms with E-state index in [2.05, 4.69) is 15.7 Å². The Morgan fingerprint density at radius 2 is 2.20 bits per heavy atom. The fraction of sp³-hybridized carbons (Fsp3) is 0.615. The summed E-state index contributed by atoms with van der Waals surface area (Å²) in [7, 11) is 1.83. The average Bonchev–Trinajstić information content (AvgIpc) is 2.80. The number of urea groups is 1. The highest BCUT2D eigenvalue weighted by molar-refractivity contribution is 5.82. The number of amides is 2. The van der Waals surface area contributed by atoms with Crippen molar-refractivity contribution in [2.75, 3.05) is 6.54 Å². The number of carbonyl (C=O) groups is 2. The third-order valence-electron chi connectivity index (χ3n) is 3.22. The Morgan fingerprint density at radius 1 is 1.50 bits per heavy atom. The van der Waals surface area contributed by atoms with Crippen LogP contribution in [0.25, 0.3) is 0 Å². The van der Waals surface area contributed by atoms with Gasteiger partial charge < -0.3 is 15.7 Å². The first kappa shape index (κ1) is 16.0. The molecule has 112 valence electrons. The van der Waals surface area contributed by atoms with Gasteiger partial charge in [0, 0.05) is 19.8 Å². The fourth-order valence-electron chi connectivity index (χ4n) is 1.80. The Labute approximate surface area is 118 Å². The maximum Gasteiger partial charge on any atom is 0.326 e. The van der Waals surface area contributed by atoms with Gasteiger partial charge in [0.15, 0.2) is 0 Å². The van der Waals surface area contributed by atoms with Crippen LogP contribution in [0.15, 0.2) is 12.4 Å². The van der Waals surface area contributed by atoms with Gasteiger partial charge in [-0.15, -0.1) is 0 Å². The summed E-state index contributed by atoms with van der Waals surface area (Å²) in [6, 6.07) is -1.32. The first-order chi connectivity index (χ1) is 9.43. The van der Waals surface area contributed by atoms with Gasteiger partial charge in [-0.3, -0.25) is 4.68 Å². The molecule has 1 heterocycles. The minimum atomic E-state index is -1.01. The molecule has 0 fully saturated rings. The largest absolute Gasteiger partial charge is 0.480 e. The lowest BCUT2D eigenvalue weighted by Crippen LogP contribution is -2.49. The Hall–Kier alpha value is -2.05. The summed E-state index contributed by atoms with van der Waals surface area (Å²) in [5, 5.41) is 18.2. The molecule has 1 rings (SSSR count). The Kier molecular flexibility index (Phi) is 6.02. The van der Waals surface area contributed by atoms with Gasteiger partial charge in [0.1, 0.15) is 6.04 Å². The van der Waals surface area contributed by atoms with Gasteiger partial charge in [-0.25, -0.2) is 9.59 Å². The van der Waals surface area contributed by atoms with Gasteiger partial charge in [0.25, 0.3) is 0 Å². The molecule has 0 spiro atoms. The van der Waals surface area contributed by atoms with Crippen molar-refractivity contribution in [1.82, 2.24) is 20.4 Å². The normalized spacial score (nSPS) is 13.6. The van der Waals surface area contributed by atoms with Gasteiger partial charge >= 0.3 is 12.0 Å². The SMILES string of the molecule is CC[C@H](C)[C@H](NC(=O)NCCc1cnn(C)c1)C(=O)O. The van der Waals surface area contributed by atoms with Crippen LogP contribution in [0.3, 0.4) is 0 Å². The van der Waals surface area contributed by atoms with E-state index in [-0.39, 0.29) is 5.92 Å². The molecule has 0 aromatic carbocycles. The van der Waals surface area contributed by atoms with E-state index in [0.717, 1.165) is 5.56 Å². The number of hydrogen-bond acceptors (Lipinski definition) is 3. The lowest BCUT2D eigenvalue weighted by atomic mass is 9.99. The molecule has 0 radical (unpaired) electrons. The maximum atomic E-state index is 11.7. The van der Waals surface area contributed by atoms with E-state index in [0.29, 0.717) is 19.4 Å². The van der Waals surface area contributed by atoms with Crippen molar-refractivity contribution in [2.45, 2.75) is 32.7 Å². The number of carboxylic acids is 1. The second kappa shape index (κ2) is 7.52. The van der Waals surface area contributed by atoms with Crippen molar-refractivity contribution in [3.8, 4) is 0 Å². The van der Waals surface area contributed by atoms with Crippen LogP contribution in [0.4, 0.5) is 4.79 Å². The van der Waals surface area contributed by atoms with Crippen LogP contribution >= 0.6 is 0 Å². The fourth-order valence-corrected chi connectivity index (χ4v) is 1.80. The number of carboxylic acid groups (broad SMARTS) is 1. The van der Waals surface area contributed by atoms with E-state index in [1.165, 1.54) is 0 Å². The standard InChI is InChI=1S/C13H22N4O3/c1-4-9(2)11(12(18)19)16-13(20)14-6-5-10-7-15-17(3)8-10/h7-9,11H,4-6H2,1-3H3,(H,18,19)(H2,14,16,20)/t9-,11-/m0/s1. The molecule has 1 aromatic rings. The van der Waals surface area contributed by atoms with Crippen LogP contribution in [-0.2, 0) is 18.3 Å². The van der Waals surface area contributed by atoms with Crippen molar-refractivity contribution in [3.05, 3.63) is 18.0 Å². The van der Waals surface area contributed by atoms with E-state index in [1.54, 1.807) is 17.8 Å². The summed E-state index contributed by atoms with van der Waals surface area (Å²) in [5.41, 5.74) is 1.02. The van der Waals surface area contributed by atoms with Crippen molar-refractivity contribution in [3.63, 3.8) is 0 Å². The Balaban J connectivity index is 2.36. The zero-order valence-electron chi connectivity index (χ0n) is 12.1. The van der Waals surface area contributed by atoms with E-state index in [9.17, 15) is 9.59 Å². The van der Waals surface area contributed by atoms with Gasteiger partial charge in [-0.1, -0.05) is 20.3 Å². The van der Waals surface area contributed by atoms with E-state index in [4.69, 9.17) is 5.11 Å². The summed E-state index contributed by atoms with van der Waals surface area (Å²) in [5.74, 6) is -1.13. The van der Waals surface area contributed by atoms with Gasteiger partial charge in [0.05, 0.1) is 6.20 Å². The second-order valence-electron chi connectivity index (χ2n) is 4.87. The van der Waals surface area contributed by atoms with Crippen LogP contribution in [0, 0.1) is 5.92 Å². The first-order valence-corrected chi connectivity index (χ1v) is 6.68. The number of carbonyl (C=O) groups excluding carboxylic acids is 1. The summed E-state index contributed by atoms with van der Waals surface area (Å²) < 4.78 is 1.69. The smallest absolute Gasteiger partial charge is 0.326 e. The highest BCUT2D eigenvalue weighted by atomic mass is 16.4. The molecule has 0 aliphatic heterocycles. The second-order valence-corrected chi connectivity index (χ2v) is 4.87. The van der Waals surface area contributed by atoms with Gasteiger partial charge in [0.2, 0.25) is 0 Å². The van der Waals surface area contributed by atoms with Crippen LogP contribution in [0.1, 0.15) is 25.8 Å². The van der Waals surface area contributed by atoms with Crippen molar-refractivity contribution in [1.29, 1.82) is 0 Å². The van der Waals surface area contributed by atoms with E-state index in [1.807, 2.05) is 20.2 Å². The third-order valence-corrected chi connectivity index (χ3v) is 3.22. The molecule has 20 heavy (non-hydrogen) atoms. The van der Waals surface area contributed by atoms with Crippen molar-refractivity contribution in [2.24, 2.45) is 13.0 Å². The molecule has 0 saturated heterocycles. The Morgan fingerprint density at radius 3 is 2.70 bits per heavy atom. The number of rotatable bonds is 7. The summed E-state index contributed by atoms with van der Waals surface area (Å²) in [4.78, 5) is 22.7. The first-order valence-electron chi connectivity index (χ1n) is 6.68. The van der Waals surface area contributed by atoms with Crippen LogP contribution in [0.5, 0.6) is 0 Å². The molecular weight excluding hydrogens is 260 g/mol. The van der Waals surface area contributed by atoms with E-state index >= 15 is 0 Å². The number of nitrogens with one attached hydrogen (secondary N) is 2. The molecule has 0 saturated carbocycles. The minimum absolute atomic E-state index is 0.114. The highest BCUT2D eigenvalue weighted by Crippen LogP contribution is 2.07. The number of hydrogen-bond donors (Lipinski definition) is 3. The van der Waals surface area contributed by atoms with Crippen LogP contribution in [-0.4, -0.2) is 39.5 Å². The zero-order chi connectivity index (χ0) is 15.1. The Bertz CT molecular complexity index is 458. The molecule has 0 unspecified atom stereocenters. The number of aliphatic carboxylic acids is 1. The molecule has 0 aliphatic rings. The van der Waals surface area contributed by atoms with Crippen LogP contribution in [0.2, 0.25) is 0 Å². The molecule has 1 aromatic heterocycles. The average molecular weight is 282 g/mol. The van der Waals surface area contributed by atoms with Gasteiger partial charge in [-0.05, 0) is 17.9 Å². The van der Waals surface area contributed by atoms with Crippen molar-refractivity contribution >= 4 is 12.0 Å². The summed E-state index contributed by atoms with van der Waals surface area (Å²) >= 11 is 0. The highest BCUT2D eigenvalue weighted by Gasteiger charge is 2.24. The van der Waals surface area contributed by atoms with Crippen LogP contribution < -0.4 is 10.6 Å². The predicted molar refractivity (Wildman–Crippen MR) is 74.3 cm³/mol. The quantitative estimate of drug-likeness (QED) is 0.688.